The van der Waals surface area contributed by atoms with E-state index in [1.807, 2.05) is 6.92 Å². The van der Waals surface area contributed by atoms with E-state index in [0.717, 1.165) is 12.8 Å². The van der Waals surface area contributed by atoms with Crippen molar-refractivity contribution in [3.63, 3.8) is 0 Å². The first-order valence-corrected chi connectivity index (χ1v) is 9.52. The number of nitrogens with one attached hydrogen (secondary N) is 1. The summed E-state index contributed by atoms with van der Waals surface area (Å²) in [6, 6.07) is 4.45. The lowest BCUT2D eigenvalue weighted by molar-refractivity contribution is 0.0952. The molecule has 134 valence electrons. The minimum atomic E-state index is -3.66. The summed E-state index contributed by atoms with van der Waals surface area (Å²) in [5.41, 5.74) is 5.94. The van der Waals surface area contributed by atoms with Crippen molar-refractivity contribution in [2.24, 2.45) is 5.73 Å². The third kappa shape index (κ3) is 4.25. The normalized spacial score (nSPS) is 16.8. The van der Waals surface area contributed by atoms with Crippen molar-refractivity contribution in [2.45, 2.75) is 37.1 Å². The molecule has 2 rings (SSSR count). The Kier molecular flexibility index (Phi) is 6.20. The maximum Gasteiger partial charge on any atom is 0.251 e. The third-order valence-corrected chi connectivity index (χ3v) is 5.91. The molecule has 1 amide bonds. The number of sulfonamides is 1. The average Bonchev–Trinajstić information content (AvgIpc) is 3.09. The summed E-state index contributed by atoms with van der Waals surface area (Å²) in [6.45, 7) is 3.30. The van der Waals surface area contributed by atoms with Crippen LogP contribution >= 0.6 is 0 Å². The second kappa shape index (κ2) is 7.96. The summed E-state index contributed by atoms with van der Waals surface area (Å²) in [5.74, 6) is -0.0785. The second-order valence-corrected chi connectivity index (χ2v) is 7.91. The lowest BCUT2D eigenvalue weighted by Gasteiger charge is -2.18. The van der Waals surface area contributed by atoms with E-state index in [-0.39, 0.29) is 22.6 Å². The van der Waals surface area contributed by atoms with Gasteiger partial charge in [-0.25, -0.2) is 8.42 Å². The van der Waals surface area contributed by atoms with E-state index in [1.165, 1.54) is 23.5 Å². The fraction of sp³-hybridized carbons (Fsp3) is 0.562. The minimum Gasteiger partial charge on any atom is -0.495 e. The molecule has 0 saturated carbocycles. The molecule has 3 N–H and O–H groups in total. The maximum atomic E-state index is 12.8. The van der Waals surface area contributed by atoms with Crippen molar-refractivity contribution in [2.75, 3.05) is 26.7 Å². The van der Waals surface area contributed by atoms with Gasteiger partial charge in [0.2, 0.25) is 10.0 Å². The van der Waals surface area contributed by atoms with Crippen LogP contribution in [0.1, 0.15) is 36.5 Å². The first-order valence-electron chi connectivity index (χ1n) is 8.08. The molecule has 1 atom stereocenters. The summed E-state index contributed by atoms with van der Waals surface area (Å²) >= 11 is 0. The van der Waals surface area contributed by atoms with Gasteiger partial charge in [-0.2, -0.15) is 4.31 Å². The molecule has 24 heavy (non-hydrogen) atoms. The Hall–Kier alpha value is -1.64. The van der Waals surface area contributed by atoms with Gasteiger partial charge in [-0.15, -0.1) is 0 Å². The van der Waals surface area contributed by atoms with Gasteiger partial charge in [0.05, 0.1) is 7.11 Å². The molecule has 1 heterocycles. The van der Waals surface area contributed by atoms with Gasteiger partial charge in [-0.1, -0.05) is 0 Å². The number of amides is 1. The SMILES string of the molecule is COc1ccc(C(=O)NCCC(C)N)cc1S(=O)(=O)N1CCCC1. The number of nitrogens with two attached hydrogens (primary N) is 1. The molecule has 1 aromatic rings. The number of ether oxygens (including phenoxy) is 1. The highest BCUT2D eigenvalue weighted by molar-refractivity contribution is 7.89. The van der Waals surface area contributed by atoms with Gasteiger partial charge in [0, 0.05) is 31.2 Å². The summed E-state index contributed by atoms with van der Waals surface area (Å²) < 4.78 is 32.2. The third-order valence-electron chi connectivity index (χ3n) is 3.99. The van der Waals surface area contributed by atoms with Crippen molar-refractivity contribution >= 4 is 15.9 Å². The number of carbonyl (C=O) groups excluding carboxylic acids is 1. The maximum absolute atomic E-state index is 12.8. The largest absolute Gasteiger partial charge is 0.495 e. The average molecular weight is 355 g/mol. The van der Waals surface area contributed by atoms with Crippen LogP contribution < -0.4 is 15.8 Å². The first kappa shape index (κ1) is 18.7. The lowest BCUT2D eigenvalue weighted by atomic mass is 10.2. The van der Waals surface area contributed by atoms with E-state index in [4.69, 9.17) is 10.5 Å². The molecule has 0 aliphatic carbocycles. The first-order chi connectivity index (χ1) is 11.4. The molecule has 1 fully saturated rings. The van der Waals surface area contributed by atoms with Crippen LogP contribution in [-0.2, 0) is 10.0 Å². The van der Waals surface area contributed by atoms with E-state index in [0.29, 0.717) is 31.6 Å². The van der Waals surface area contributed by atoms with Crippen LogP contribution in [0.25, 0.3) is 0 Å². The Morgan fingerprint density at radius 1 is 1.38 bits per heavy atom. The summed E-state index contributed by atoms with van der Waals surface area (Å²) in [4.78, 5) is 12.3. The van der Waals surface area contributed by atoms with Gasteiger partial charge >= 0.3 is 0 Å². The van der Waals surface area contributed by atoms with Gasteiger partial charge < -0.3 is 15.8 Å². The van der Waals surface area contributed by atoms with E-state index in [2.05, 4.69) is 5.32 Å². The van der Waals surface area contributed by atoms with E-state index < -0.39 is 10.0 Å². The molecule has 0 radical (unpaired) electrons. The summed E-state index contributed by atoms with van der Waals surface area (Å²) in [5, 5.41) is 2.75. The Labute approximate surface area is 143 Å². The molecule has 1 aliphatic heterocycles. The van der Waals surface area contributed by atoms with Crippen LogP contribution in [-0.4, -0.2) is 51.4 Å². The zero-order chi connectivity index (χ0) is 17.7. The fourth-order valence-electron chi connectivity index (χ4n) is 2.60. The molecule has 8 heteroatoms. The van der Waals surface area contributed by atoms with Crippen molar-refractivity contribution in [1.29, 1.82) is 0 Å². The van der Waals surface area contributed by atoms with Crippen LogP contribution in [0.15, 0.2) is 23.1 Å². The van der Waals surface area contributed by atoms with E-state index >= 15 is 0 Å². The zero-order valence-corrected chi connectivity index (χ0v) is 14.9. The fourth-order valence-corrected chi connectivity index (χ4v) is 4.30. The van der Waals surface area contributed by atoms with Crippen molar-refractivity contribution in [3.05, 3.63) is 23.8 Å². The summed E-state index contributed by atoms with van der Waals surface area (Å²) in [7, 11) is -2.25. The molecule has 1 aromatic carbocycles. The van der Waals surface area contributed by atoms with Gasteiger partial charge in [0.15, 0.2) is 0 Å². The van der Waals surface area contributed by atoms with Crippen LogP contribution in [0, 0.1) is 0 Å². The molecule has 0 bridgehead atoms. The van der Waals surface area contributed by atoms with Crippen molar-refractivity contribution < 1.29 is 17.9 Å². The Morgan fingerprint density at radius 2 is 2.04 bits per heavy atom. The van der Waals surface area contributed by atoms with Crippen molar-refractivity contribution in [3.8, 4) is 5.75 Å². The molecular weight excluding hydrogens is 330 g/mol. The van der Waals surface area contributed by atoms with Crippen molar-refractivity contribution in [1.82, 2.24) is 9.62 Å². The van der Waals surface area contributed by atoms with Crippen LogP contribution in [0.4, 0.5) is 0 Å². The second-order valence-electron chi connectivity index (χ2n) is 6.00. The van der Waals surface area contributed by atoms with Crippen LogP contribution in [0.3, 0.4) is 0 Å². The van der Waals surface area contributed by atoms with E-state index in [9.17, 15) is 13.2 Å². The molecular formula is C16H25N3O4S. The number of hydrogen-bond acceptors (Lipinski definition) is 5. The number of nitrogens with zero attached hydrogens (tertiary/aromatic N) is 1. The Morgan fingerprint density at radius 3 is 2.62 bits per heavy atom. The lowest BCUT2D eigenvalue weighted by Crippen LogP contribution is -2.30. The predicted octanol–water partition coefficient (Wildman–Crippen LogP) is 0.947. The van der Waals surface area contributed by atoms with Crippen LogP contribution in [0.2, 0.25) is 0 Å². The predicted molar refractivity (Wildman–Crippen MR) is 91.6 cm³/mol. The highest BCUT2D eigenvalue weighted by Crippen LogP contribution is 2.29. The molecule has 0 aromatic heterocycles. The Balaban J connectivity index is 2.25. The molecule has 1 aliphatic rings. The number of benzene rings is 1. The van der Waals surface area contributed by atoms with Crippen LogP contribution in [0.5, 0.6) is 5.75 Å². The monoisotopic (exact) mass is 355 g/mol. The molecule has 1 saturated heterocycles. The molecule has 7 nitrogen and oxygen atoms in total. The minimum absolute atomic E-state index is 0.00715. The molecule has 1 unspecified atom stereocenters. The number of hydrogen-bond donors (Lipinski definition) is 2. The Bertz CT molecular complexity index is 683. The number of rotatable bonds is 7. The van der Waals surface area contributed by atoms with E-state index in [1.54, 1.807) is 6.07 Å². The standard InChI is InChI=1S/C16H25N3O4S/c1-12(17)7-8-18-16(20)13-5-6-14(23-2)15(11-13)24(21,22)19-9-3-4-10-19/h5-6,11-12H,3-4,7-10,17H2,1-2H3,(H,18,20). The summed E-state index contributed by atoms with van der Waals surface area (Å²) in [6.07, 6.45) is 2.35. The number of methoxy groups -OCH3 is 1. The smallest absolute Gasteiger partial charge is 0.251 e. The molecule has 0 spiro atoms. The highest BCUT2D eigenvalue weighted by atomic mass is 32.2. The van der Waals surface area contributed by atoms with Gasteiger partial charge in [0.25, 0.3) is 5.91 Å². The number of carbonyl (C=O) groups is 1. The van der Waals surface area contributed by atoms with Gasteiger partial charge in [-0.05, 0) is 44.4 Å². The quantitative estimate of drug-likeness (QED) is 0.758. The zero-order valence-electron chi connectivity index (χ0n) is 14.1. The topological polar surface area (TPSA) is 102 Å². The van der Waals surface area contributed by atoms with Gasteiger partial charge in [0.1, 0.15) is 10.6 Å². The van der Waals surface area contributed by atoms with Gasteiger partial charge in [-0.3, -0.25) is 4.79 Å². The highest BCUT2D eigenvalue weighted by Gasteiger charge is 2.30.